The molecule has 1 amide bonds. The van der Waals surface area contributed by atoms with Crippen LogP contribution in [0.25, 0.3) is 0 Å². The molecule has 0 fully saturated rings. The van der Waals surface area contributed by atoms with Gasteiger partial charge >= 0.3 is 13.9 Å². The number of nitrogens with one attached hydrogen (secondary N) is 1. The van der Waals surface area contributed by atoms with Crippen molar-refractivity contribution in [3.63, 3.8) is 0 Å². The summed E-state index contributed by atoms with van der Waals surface area (Å²) in [5.41, 5.74) is 0. The van der Waals surface area contributed by atoms with Gasteiger partial charge in [0, 0.05) is 20.2 Å². The van der Waals surface area contributed by atoms with Gasteiger partial charge in [-0.25, -0.2) is 9.36 Å². The van der Waals surface area contributed by atoms with E-state index in [1.165, 1.54) is 84.1 Å². The first-order chi connectivity index (χ1) is 16.8. The molecule has 35 heavy (non-hydrogen) atoms. The summed E-state index contributed by atoms with van der Waals surface area (Å²) < 4.78 is 32.7. The first-order valence-electron chi connectivity index (χ1n) is 13.5. The molecule has 0 saturated carbocycles. The molecule has 2 atom stereocenters. The van der Waals surface area contributed by atoms with E-state index in [0.717, 1.165) is 12.8 Å². The van der Waals surface area contributed by atoms with Crippen LogP contribution in [-0.4, -0.2) is 76.1 Å². The summed E-state index contributed by atoms with van der Waals surface area (Å²) in [5.74, 6) is 0. The van der Waals surface area contributed by atoms with E-state index in [1.54, 1.807) is 0 Å². The fourth-order valence-electron chi connectivity index (χ4n) is 3.49. The lowest BCUT2D eigenvalue weighted by atomic mass is 10.0. The molecule has 210 valence electrons. The van der Waals surface area contributed by atoms with E-state index in [-0.39, 0.29) is 19.8 Å². The number of likely N-dealkylation sites (N-methyl/N-ethyl adjacent to an activating group) is 1. The first-order valence-corrected chi connectivity index (χ1v) is 15.0. The van der Waals surface area contributed by atoms with Crippen molar-refractivity contribution in [1.82, 2.24) is 10.2 Å². The maximum Gasteiger partial charge on any atom is 0.472 e. The normalized spacial score (nSPS) is 14.1. The Kier molecular flexibility index (Phi) is 23.2. The number of phosphoric ester groups is 1. The van der Waals surface area contributed by atoms with Gasteiger partial charge in [0.15, 0.2) is 6.10 Å². The molecule has 0 heterocycles. The van der Waals surface area contributed by atoms with Gasteiger partial charge in [-0.1, -0.05) is 90.4 Å². The Morgan fingerprint density at radius 1 is 0.829 bits per heavy atom. The monoisotopic (exact) mass is 524 g/mol. The van der Waals surface area contributed by atoms with Gasteiger partial charge in [-0.2, -0.15) is 0 Å². The van der Waals surface area contributed by atoms with Gasteiger partial charge in [0.05, 0.1) is 19.8 Å². The van der Waals surface area contributed by atoms with Crippen LogP contribution in [0.5, 0.6) is 0 Å². The minimum atomic E-state index is -4.22. The smallest absolute Gasteiger partial charge is 0.441 e. The van der Waals surface area contributed by atoms with Crippen LogP contribution in [0.1, 0.15) is 96.8 Å². The summed E-state index contributed by atoms with van der Waals surface area (Å²) in [4.78, 5) is 23.2. The highest BCUT2D eigenvalue weighted by molar-refractivity contribution is 7.47. The standard InChI is InChI=1S/C25H53N2O7P/c1-5-6-7-8-9-10-11-12-13-14-15-16-17-18-20-31-22-24(34-25(28)26-2)23-33-35(29,30)32-21-19-27(3)4/h24H,5-23H2,1-4H3,(H,26,28)(H,29,30). The highest BCUT2D eigenvalue weighted by Crippen LogP contribution is 2.43. The molecular weight excluding hydrogens is 471 g/mol. The van der Waals surface area contributed by atoms with E-state index in [2.05, 4.69) is 12.2 Å². The number of alkyl carbamates (subject to hydrolysis) is 1. The molecule has 2 unspecified atom stereocenters. The number of rotatable bonds is 25. The van der Waals surface area contributed by atoms with Crippen LogP contribution >= 0.6 is 7.82 Å². The van der Waals surface area contributed by atoms with Crippen LogP contribution in [0.3, 0.4) is 0 Å². The molecule has 9 nitrogen and oxygen atoms in total. The Morgan fingerprint density at radius 3 is 1.83 bits per heavy atom. The summed E-state index contributed by atoms with van der Waals surface area (Å²) in [6.45, 7) is 3.13. The van der Waals surface area contributed by atoms with E-state index in [4.69, 9.17) is 18.5 Å². The lowest BCUT2D eigenvalue weighted by molar-refractivity contribution is -0.00946. The number of hydrogen-bond acceptors (Lipinski definition) is 7. The molecule has 0 aromatic carbocycles. The van der Waals surface area contributed by atoms with Gasteiger partial charge in [-0.15, -0.1) is 0 Å². The predicted molar refractivity (Wildman–Crippen MR) is 141 cm³/mol. The third-order valence-electron chi connectivity index (χ3n) is 5.64. The molecule has 0 radical (unpaired) electrons. The van der Waals surface area contributed by atoms with E-state index >= 15 is 0 Å². The second kappa shape index (κ2) is 23.7. The number of hydrogen-bond donors (Lipinski definition) is 2. The topological polar surface area (TPSA) is 107 Å². The number of phosphoric acid groups is 1. The van der Waals surface area contributed by atoms with Gasteiger partial charge in [0.25, 0.3) is 0 Å². The Morgan fingerprint density at radius 2 is 1.34 bits per heavy atom. The first kappa shape index (κ1) is 34.3. The van der Waals surface area contributed by atoms with Gasteiger partial charge in [0.1, 0.15) is 0 Å². The zero-order valence-electron chi connectivity index (χ0n) is 22.8. The Hall–Kier alpha value is -0.700. The highest BCUT2D eigenvalue weighted by Gasteiger charge is 2.25. The van der Waals surface area contributed by atoms with Crippen LogP contribution < -0.4 is 5.32 Å². The number of carbonyl (C=O) groups excluding carboxylic acids is 1. The molecule has 0 aliphatic carbocycles. The molecule has 0 aromatic rings. The minimum Gasteiger partial charge on any atom is -0.441 e. The summed E-state index contributed by atoms with van der Waals surface area (Å²) >= 11 is 0. The van der Waals surface area contributed by atoms with Crippen molar-refractivity contribution in [1.29, 1.82) is 0 Å². The maximum atomic E-state index is 12.0. The second-order valence-corrected chi connectivity index (χ2v) is 10.8. The molecule has 0 aliphatic rings. The fraction of sp³-hybridized carbons (Fsp3) is 0.960. The van der Waals surface area contributed by atoms with Crippen molar-refractivity contribution in [3.05, 3.63) is 0 Å². The zero-order valence-corrected chi connectivity index (χ0v) is 23.7. The third kappa shape index (κ3) is 24.8. The number of amides is 1. The van der Waals surface area contributed by atoms with Crippen molar-refractivity contribution in [2.24, 2.45) is 0 Å². The van der Waals surface area contributed by atoms with Crippen molar-refractivity contribution in [2.75, 3.05) is 54.1 Å². The minimum absolute atomic E-state index is 0.0529. The summed E-state index contributed by atoms with van der Waals surface area (Å²) in [7, 11) is 0.874. The quantitative estimate of drug-likeness (QED) is 0.112. The number of nitrogens with zero attached hydrogens (tertiary/aromatic N) is 1. The van der Waals surface area contributed by atoms with E-state index in [0.29, 0.717) is 13.2 Å². The van der Waals surface area contributed by atoms with Crippen LogP contribution in [0.15, 0.2) is 0 Å². The SMILES string of the molecule is CCCCCCCCCCCCCCCCOCC(COP(=O)(O)OCCN(C)C)OC(=O)NC. The molecule has 0 spiro atoms. The largest absolute Gasteiger partial charge is 0.472 e. The van der Waals surface area contributed by atoms with Gasteiger partial charge in [0.2, 0.25) is 0 Å². The molecule has 0 rings (SSSR count). The Labute approximate surface area is 214 Å². The lowest BCUT2D eigenvalue weighted by Gasteiger charge is -2.20. The van der Waals surface area contributed by atoms with Crippen LogP contribution in [0, 0.1) is 0 Å². The van der Waals surface area contributed by atoms with Crippen LogP contribution in [-0.2, 0) is 23.1 Å². The summed E-state index contributed by atoms with van der Waals surface area (Å²) in [6.07, 6.45) is 16.6. The molecule has 10 heteroatoms. The van der Waals surface area contributed by atoms with Crippen molar-refractivity contribution in [3.8, 4) is 0 Å². The van der Waals surface area contributed by atoms with Crippen molar-refractivity contribution in [2.45, 2.75) is 103 Å². The average molecular weight is 525 g/mol. The van der Waals surface area contributed by atoms with Crippen LogP contribution in [0.4, 0.5) is 4.79 Å². The molecule has 0 saturated heterocycles. The van der Waals surface area contributed by atoms with E-state index in [9.17, 15) is 14.3 Å². The summed E-state index contributed by atoms with van der Waals surface area (Å²) in [6, 6.07) is 0. The second-order valence-electron chi connectivity index (χ2n) is 9.35. The third-order valence-corrected chi connectivity index (χ3v) is 6.62. The number of carbonyl (C=O) groups is 1. The highest BCUT2D eigenvalue weighted by atomic mass is 31.2. The molecular formula is C25H53N2O7P. The number of ether oxygens (including phenoxy) is 2. The van der Waals surface area contributed by atoms with Gasteiger partial charge < -0.3 is 24.6 Å². The van der Waals surface area contributed by atoms with Gasteiger partial charge in [-0.3, -0.25) is 9.05 Å². The Bertz CT molecular complexity index is 538. The fourth-order valence-corrected chi connectivity index (χ4v) is 4.23. The zero-order chi connectivity index (χ0) is 26.2. The molecule has 0 bridgehead atoms. The van der Waals surface area contributed by atoms with E-state index in [1.807, 2.05) is 19.0 Å². The number of unbranched alkanes of at least 4 members (excludes halogenated alkanes) is 13. The maximum absolute atomic E-state index is 12.0. The lowest BCUT2D eigenvalue weighted by Crippen LogP contribution is -2.32. The molecule has 0 aromatic heterocycles. The van der Waals surface area contributed by atoms with Gasteiger partial charge in [-0.05, 0) is 20.5 Å². The van der Waals surface area contributed by atoms with Crippen molar-refractivity contribution < 1.29 is 32.8 Å². The molecule has 0 aliphatic heterocycles. The van der Waals surface area contributed by atoms with E-state index < -0.39 is 20.0 Å². The average Bonchev–Trinajstić information content (AvgIpc) is 2.81. The molecule has 2 N–H and O–H groups in total. The Balaban J connectivity index is 3.82. The summed E-state index contributed by atoms with van der Waals surface area (Å²) in [5, 5.41) is 2.36. The van der Waals surface area contributed by atoms with Crippen molar-refractivity contribution >= 4 is 13.9 Å². The predicted octanol–water partition coefficient (Wildman–Crippen LogP) is 5.90. The van der Waals surface area contributed by atoms with Crippen LogP contribution in [0.2, 0.25) is 0 Å².